The van der Waals surface area contributed by atoms with E-state index in [1.807, 2.05) is 0 Å². The molecule has 0 radical (unpaired) electrons. The van der Waals surface area contributed by atoms with E-state index < -0.39 is 23.8 Å². The fourth-order valence-electron chi connectivity index (χ4n) is 3.34. The number of benzene rings is 1. The van der Waals surface area contributed by atoms with E-state index in [0.717, 1.165) is 23.5 Å². The number of carbonyl (C=O) groups excluding carboxylic acids is 1. The highest BCUT2D eigenvalue weighted by atomic mass is 32.1. The van der Waals surface area contributed by atoms with Crippen LogP contribution in [0.25, 0.3) is 10.1 Å². The molecule has 0 aliphatic carbocycles. The lowest BCUT2D eigenvalue weighted by atomic mass is 9.87. The van der Waals surface area contributed by atoms with E-state index in [0.29, 0.717) is 41.6 Å². The topological polar surface area (TPSA) is 66.8 Å². The Bertz CT molecular complexity index is 854. The van der Waals surface area contributed by atoms with Crippen molar-refractivity contribution in [1.29, 1.82) is 0 Å². The SMILES string of the molecule is COC(=O)N1CCC(c2c(C(=O)O)sc3cc(C(F)(F)F)ccc23)CC1. The van der Waals surface area contributed by atoms with Crippen LogP contribution in [0, 0.1) is 0 Å². The summed E-state index contributed by atoms with van der Waals surface area (Å²) in [5.41, 5.74) is -0.231. The molecule has 0 unspecified atom stereocenters. The number of carboxylic acid groups (broad SMARTS) is 1. The number of ether oxygens (including phenoxy) is 1. The Balaban J connectivity index is 1.98. The summed E-state index contributed by atoms with van der Waals surface area (Å²) in [6.45, 7) is 0.822. The van der Waals surface area contributed by atoms with Gasteiger partial charge in [0, 0.05) is 17.8 Å². The van der Waals surface area contributed by atoms with Crippen molar-refractivity contribution >= 4 is 33.5 Å². The summed E-state index contributed by atoms with van der Waals surface area (Å²) < 4.78 is 43.8. The minimum Gasteiger partial charge on any atom is -0.477 e. The molecule has 1 N–H and O–H groups in total. The molecule has 0 atom stereocenters. The summed E-state index contributed by atoms with van der Waals surface area (Å²) in [7, 11) is 1.29. The monoisotopic (exact) mass is 387 g/mol. The van der Waals surface area contributed by atoms with Gasteiger partial charge in [0.2, 0.25) is 0 Å². The summed E-state index contributed by atoms with van der Waals surface area (Å²) in [6.07, 6.45) is -3.86. The summed E-state index contributed by atoms with van der Waals surface area (Å²) in [5.74, 6) is -1.28. The number of carbonyl (C=O) groups is 2. The quantitative estimate of drug-likeness (QED) is 0.820. The first-order valence-corrected chi connectivity index (χ1v) is 8.74. The fraction of sp³-hybridized carbons (Fsp3) is 0.412. The van der Waals surface area contributed by atoms with Crippen LogP contribution in [-0.4, -0.2) is 42.3 Å². The maximum Gasteiger partial charge on any atom is 0.416 e. The van der Waals surface area contributed by atoms with Crippen molar-refractivity contribution < 1.29 is 32.6 Å². The molecule has 140 valence electrons. The number of amides is 1. The lowest BCUT2D eigenvalue weighted by molar-refractivity contribution is -0.137. The first-order valence-electron chi connectivity index (χ1n) is 7.92. The number of carboxylic acids is 1. The van der Waals surface area contributed by atoms with Gasteiger partial charge in [0.15, 0.2) is 0 Å². The van der Waals surface area contributed by atoms with Crippen LogP contribution in [0.4, 0.5) is 18.0 Å². The van der Waals surface area contributed by atoms with Gasteiger partial charge in [-0.2, -0.15) is 13.2 Å². The van der Waals surface area contributed by atoms with Gasteiger partial charge in [-0.25, -0.2) is 9.59 Å². The van der Waals surface area contributed by atoms with Gasteiger partial charge in [-0.05, 0) is 41.8 Å². The lowest BCUT2D eigenvalue weighted by Crippen LogP contribution is -2.37. The van der Waals surface area contributed by atoms with Crippen molar-refractivity contribution in [2.45, 2.75) is 24.9 Å². The van der Waals surface area contributed by atoms with Crippen LogP contribution in [0.2, 0.25) is 0 Å². The molecule has 1 aliphatic heterocycles. The Morgan fingerprint density at radius 3 is 2.46 bits per heavy atom. The molecule has 5 nitrogen and oxygen atoms in total. The number of halogens is 3. The van der Waals surface area contributed by atoms with Gasteiger partial charge in [-0.3, -0.25) is 0 Å². The van der Waals surface area contributed by atoms with E-state index in [1.54, 1.807) is 0 Å². The molecular weight excluding hydrogens is 371 g/mol. The van der Waals surface area contributed by atoms with Crippen molar-refractivity contribution in [2.75, 3.05) is 20.2 Å². The number of nitrogens with zero attached hydrogens (tertiary/aromatic N) is 1. The number of thiophene rings is 1. The highest BCUT2D eigenvalue weighted by Gasteiger charge is 2.33. The van der Waals surface area contributed by atoms with Crippen molar-refractivity contribution in [2.24, 2.45) is 0 Å². The molecular formula is C17H16F3NO4S. The highest BCUT2D eigenvalue weighted by molar-refractivity contribution is 7.21. The average Bonchev–Trinajstić information content (AvgIpc) is 2.99. The number of hydrogen-bond donors (Lipinski definition) is 1. The van der Waals surface area contributed by atoms with Gasteiger partial charge in [-0.15, -0.1) is 11.3 Å². The molecule has 2 aromatic rings. The van der Waals surface area contributed by atoms with Crippen molar-refractivity contribution in [3.05, 3.63) is 34.2 Å². The number of rotatable bonds is 2. The zero-order chi connectivity index (χ0) is 19.1. The molecule has 0 bridgehead atoms. The second-order valence-corrected chi connectivity index (χ2v) is 7.14. The van der Waals surface area contributed by atoms with E-state index in [2.05, 4.69) is 4.74 Å². The van der Waals surface area contributed by atoms with E-state index in [1.165, 1.54) is 18.1 Å². The van der Waals surface area contributed by atoms with Crippen molar-refractivity contribution in [3.8, 4) is 0 Å². The zero-order valence-electron chi connectivity index (χ0n) is 13.8. The van der Waals surface area contributed by atoms with Gasteiger partial charge >= 0.3 is 18.2 Å². The number of fused-ring (bicyclic) bond motifs is 1. The Hall–Kier alpha value is -2.29. The summed E-state index contributed by atoms with van der Waals surface area (Å²) in [6, 6.07) is 3.33. The maximum absolute atomic E-state index is 12.9. The molecule has 1 aromatic carbocycles. The van der Waals surface area contributed by atoms with Gasteiger partial charge < -0.3 is 14.7 Å². The molecule has 1 fully saturated rings. The maximum atomic E-state index is 12.9. The number of methoxy groups -OCH3 is 1. The predicted molar refractivity (Wildman–Crippen MR) is 89.7 cm³/mol. The van der Waals surface area contributed by atoms with Gasteiger partial charge in [0.1, 0.15) is 4.88 Å². The van der Waals surface area contributed by atoms with E-state index >= 15 is 0 Å². The Morgan fingerprint density at radius 1 is 1.27 bits per heavy atom. The molecule has 0 spiro atoms. The molecule has 1 amide bonds. The normalized spacial score (nSPS) is 16.1. The van der Waals surface area contributed by atoms with Crippen molar-refractivity contribution in [1.82, 2.24) is 4.90 Å². The van der Waals surface area contributed by atoms with Crippen LogP contribution < -0.4 is 0 Å². The first-order chi connectivity index (χ1) is 12.2. The number of alkyl halides is 3. The van der Waals surface area contributed by atoms with Gasteiger partial charge in [-0.1, -0.05) is 6.07 Å². The third kappa shape index (κ3) is 3.35. The zero-order valence-corrected chi connectivity index (χ0v) is 14.6. The van der Waals surface area contributed by atoms with Gasteiger partial charge in [0.05, 0.1) is 12.7 Å². The molecule has 26 heavy (non-hydrogen) atoms. The minimum absolute atomic E-state index is 0.0656. The summed E-state index contributed by atoms with van der Waals surface area (Å²) in [4.78, 5) is 24.8. The Kier molecular flexibility index (Phi) is 4.83. The molecule has 0 saturated carbocycles. The number of likely N-dealkylation sites (tertiary alicyclic amines) is 1. The molecule has 1 aliphatic rings. The van der Waals surface area contributed by atoms with Crippen LogP contribution >= 0.6 is 11.3 Å². The predicted octanol–water partition coefficient (Wildman–Crippen LogP) is 4.56. The van der Waals surface area contributed by atoms with E-state index in [4.69, 9.17) is 0 Å². The highest BCUT2D eigenvalue weighted by Crippen LogP contribution is 2.42. The van der Waals surface area contributed by atoms with Gasteiger partial charge in [0.25, 0.3) is 0 Å². The first kappa shape index (κ1) is 18.5. The Morgan fingerprint density at radius 2 is 1.92 bits per heavy atom. The van der Waals surface area contributed by atoms with Crippen LogP contribution in [0.5, 0.6) is 0 Å². The second kappa shape index (κ2) is 6.79. The molecule has 3 rings (SSSR count). The van der Waals surface area contributed by atoms with Crippen LogP contribution in [-0.2, 0) is 10.9 Å². The van der Waals surface area contributed by atoms with Crippen LogP contribution in [0.3, 0.4) is 0 Å². The molecule has 2 heterocycles. The number of aromatic carboxylic acids is 1. The lowest BCUT2D eigenvalue weighted by Gasteiger charge is -2.31. The van der Waals surface area contributed by atoms with Crippen LogP contribution in [0.15, 0.2) is 18.2 Å². The van der Waals surface area contributed by atoms with E-state index in [-0.39, 0.29) is 10.8 Å². The number of piperidine rings is 1. The summed E-state index contributed by atoms with van der Waals surface area (Å²) >= 11 is 0.863. The third-order valence-corrected chi connectivity index (χ3v) is 5.74. The second-order valence-electron chi connectivity index (χ2n) is 6.09. The Labute approximate surface area is 151 Å². The van der Waals surface area contributed by atoms with Crippen molar-refractivity contribution in [3.63, 3.8) is 0 Å². The largest absolute Gasteiger partial charge is 0.477 e. The molecule has 1 saturated heterocycles. The average molecular weight is 387 g/mol. The molecule has 9 heteroatoms. The van der Waals surface area contributed by atoms with Crippen LogP contribution in [0.1, 0.15) is 39.6 Å². The molecule has 1 aromatic heterocycles. The van der Waals surface area contributed by atoms with E-state index in [9.17, 15) is 27.9 Å². The fourth-order valence-corrected chi connectivity index (χ4v) is 4.50. The third-order valence-electron chi connectivity index (χ3n) is 4.59. The smallest absolute Gasteiger partial charge is 0.416 e. The minimum atomic E-state index is -4.48. The number of hydrogen-bond acceptors (Lipinski definition) is 4. The summed E-state index contributed by atoms with van der Waals surface area (Å²) in [5, 5.41) is 10.0. The standard InChI is InChI=1S/C17H16F3NO4S/c1-25-16(24)21-6-4-9(5-7-21)13-11-3-2-10(17(18,19)20)8-12(11)26-14(13)15(22)23/h2-3,8-9H,4-7H2,1H3,(H,22,23).